The molecule has 0 spiro atoms. The number of aryl methyl sites for hydroxylation is 1. The first-order valence-electron chi connectivity index (χ1n) is 7.90. The Balaban J connectivity index is 2.23. The maximum absolute atomic E-state index is 6.34. The lowest BCUT2D eigenvalue weighted by Crippen LogP contribution is -2.34. The van der Waals surface area contributed by atoms with Gasteiger partial charge in [-0.25, -0.2) is 0 Å². The van der Waals surface area contributed by atoms with Crippen LogP contribution in [0.15, 0.2) is 18.2 Å². The van der Waals surface area contributed by atoms with Crippen molar-refractivity contribution in [1.82, 2.24) is 5.32 Å². The number of rotatable bonds is 4. The SMILES string of the molecule is CCNCC1CCC(C)(C)CC1c1ccc(C)c(Cl)c1. The summed E-state index contributed by atoms with van der Waals surface area (Å²) in [6, 6.07) is 6.65. The van der Waals surface area contributed by atoms with E-state index in [4.69, 9.17) is 11.6 Å². The predicted octanol–water partition coefficient (Wildman–Crippen LogP) is 5.17. The number of nitrogens with one attached hydrogen (secondary N) is 1. The molecule has 0 saturated heterocycles. The Bertz CT molecular complexity index is 453. The minimum absolute atomic E-state index is 0.449. The summed E-state index contributed by atoms with van der Waals surface area (Å²) in [5.74, 6) is 1.37. The average molecular weight is 294 g/mol. The molecular weight excluding hydrogens is 266 g/mol. The monoisotopic (exact) mass is 293 g/mol. The molecule has 2 rings (SSSR count). The highest BCUT2D eigenvalue weighted by Gasteiger charge is 2.35. The Morgan fingerprint density at radius 3 is 2.75 bits per heavy atom. The smallest absolute Gasteiger partial charge is 0.0438 e. The summed E-state index contributed by atoms with van der Waals surface area (Å²) in [6.45, 7) is 11.3. The van der Waals surface area contributed by atoms with Crippen LogP contribution in [-0.4, -0.2) is 13.1 Å². The molecule has 0 amide bonds. The maximum Gasteiger partial charge on any atom is 0.0438 e. The van der Waals surface area contributed by atoms with E-state index in [2.05, 4.69) is 51.2 Å². The summed E-state index contributed by atoms with van der Waals surface area (Å²) in [5.41, 5.74) is 3.05. The van der Waals surface area contributed by atoms with Crippen molar-refractivity contribution in [1.29, 1.82) is 0 Å². The van der Waals surface area contributed by atoms with Crippen molar-refractivity contribution in [2.75, 3.05) is 13.1 Å². The molecular formula is C18H28ClN. The number of halogens is 1. The zero-order valence-corrected chi connectivity index (χ0v) is 14.1. The first-order valence-corrected chi connectivity index (χ1v) is 8.27. The van der Waals surface area contributed by atoms with Crippen LogP contribution in [0, 0.1) is 18.3 Å². The standard InChI is InChI=1S/C18H28ClN/c1-5-20-12-15-8-9-18(3,4)11-16(15)14-7-6-13(2)17(19)10-14/h6-7,10,15-16,20H,5,8-9,11-12H2,1-4H3. The summed E-state index contributed by atoms with van der Waals surface area (Å²) in [5, 5.41) is 4.45. The van der Waals surface area contributed by atoms with E-state index in [1.807, 2.05) is 0 Å². The predicted molar refractivity (Wildman–Crippen MR) is 88.6 cm³/mol. The Hall–Kier alpha value is -0.530. The van der Waals surface area contributed by atoms with E-state index in [-0.39, 0.29) is 0 Å². The van der Waals surface area contributed by atoms with E-state index in [9.17, 15) is 0 Å². The molecule has 0 heterocycles. The van der Waals surface area contributed by atoms with Crippen molar-refractivity contribution in [3.05, 3.63) is 34.3 Å². The van der Waals surface area contributed by atoms with Crippen LogP contribution < -0.4 is 5.32 Å². The highest BCUT2D eigenvalue weighted by molar-refractivity contribution is 6.31. The molecule has 20 heavy (non-hydrogen) atoms. The number of benzene rings is 1. The van der Waals surface area contributed by atoms with Crippen LogP contribution in [0.3, 0.4) is 0 Å². The molecule has 2 unspecified atom stereocenters. The van der Waals surface area contributed by atoms with Gasteiger partial charge in [-0.2, -0.15) is 0 Å². The van der Waals surface area contributed by atoms with Gasteiger partial charge in [0.05, 0.1) is 0 Å². The molecule has 1 aliphatic carbocycles. The molecule has 1 saturated carbocycles. The highest BCUT2D eigenvalue weighted by Crippen LogP contribution is 2.46. The van der Waals surface area contributed by atoms with Gasteiger partial charge < -0.3 is 5.32 Å². The second kappa shape index (κ2) is 6.49. The second-order valence-electron chi connectivity index (χ2n) is 7.09. The molecule has 0 bridgehead atoms. The summed E-state index contributed by atoms with van der Waals surface area (Å²) in [7, 11) is 0. The lowest BCUT2D eigenvalue weighted by atomic mass is 9.65. The Kier molecular flexibility index (Phi) is 5.14. The molecule has 1 N–H and O–H groups in total. The Morgan fingerprint density at radius 2 is 2.10 bits per heavy atom. The molecule has 1 aliphatic rings. The Labute approximate surface area is 129 Å². The fourth-order valence-electron chi connectivity index (χ4n) is 3.45. The lowest BCUT2D eigenvalue weighted by Gasteiger charge is -2.41. The van der Waals surface area contributed by atoms with Crippen molar-refractivity contribution in [3.63, 3.8) is 0 Å². The van der Waals surface area contributed by atoms with Gasteiger partial charge in [-0.3, -0.25) is 0 Å². The zero-order chi connectivity index (χ0) is 14.8. The van der Waals surface area contributed by atoms with Crippen molar-refractivity contribution in [2.45, 2.75) is 52.9 Å². The normalized spacial score (nSPS) is 25.6. The molecule has 112 valence electrons. The number of hydrogen-bond acceptors (Lipinski definition) is 1. The fraction of sp³-hybridized carbons (Fsp3) is 0.667. The van der Waals surface area contributed by atoms with E-state index >= 15 is 0 Å². The van der Waals surface area contributed by atoms with Crippen LogP contribution in [0.2, 0.25) is 5.02 Å². The first kappa shape index (κ1) is 15.9. The van der Waals surface area contributed by atoms with Gasteiger partial charge in [0.25, 0.3) is 0 Å². The largest absolute Gasteiger partial charge is 0.317 e. The fourth-order valence-corrected chi connectivity index (χ4v) is 3.63. The van der Waals surface area contributed by atoms with Crippen molar-refractivity contribution >= 4 is 11.6 Å². The third-order valence-electron chi connectivity index (χ3n) is 4.81. The van der Waals surface area contributed by atoms with Gasteiger partial charge in [0.1, 0.15) is 0 Å². The van der Waals surface area contributed by atoms with Crippen LogP contribution in [0.25, 0.3) is 0 Å². The zero-order valence-electron chi connectivity index (χ0n) is 13.3. The average Bonchev–Trinajstić information content (AvgIpc) is 2.40. The van der Waals surface area contributed by atoms with E-state index in [1.54, 1.807) is 0 Å². The first-order chi connectivity index (χ1) is 9.43. The molecule has 1 fully saturated rings. The molecule has 0 aromatic heterocycles. The second-order valence-corrected chi connectivity index (χ2v) is 7.50. The Morgan fingerprint density at radius 1 is 1.35 bits per heavy atom. The minimum atomic E-state index is 0.449. The van der Waals surface area contributed by atoms with Gasteiger partial charge in [-0.15, -0.1) is 0 Å². The molecule has 1 aromatic carbocycles. The molecule has 1 aromatic rings. The van der Waals surface area contributed by atoms with Crippen LogP contribution in [0.5, 0.6) is 0 Å². The van der Waals surface area contributed by atoms with Gasteiger partial charge in [0.2, 0.25) is 0 Å². The summed E-state index contributed by atoms with van der Waals surface area (Å²) >= 11 is 6.34. The van der Waals surface area contributed by atoms with Gasteiger partial charge in [0.15, 0.2) is 0 Å². The highest BCUT2D eigenvalue weighted by atomic mass is 35.5. The molecule has 1 nitrogen and oxygen atoms in total. The van der Waals surface area contributed by atoms with E-state index < -0.39 is 0 Å². The molecule has 0 aliphatic heterocycles. The van der Waals surface area contributed by atoms with Crippen LogP contribution in [-0.2, 0) is 0 Å². The van der Waals surface area contributed by atoms with E-state index in [0.29, 0.717) is 11.3 Å². The van der Waals surface area contributed by atoms with Crippen molar-refractivity contribution < 1.29 is 0 Å². The maximum atomic E-state index is 6.34. The van der Waals surface area contributed by atoms with Crippen LogP contribution >= 0.6 is 11.6 Å². The summed E-state index contributed by atoms with van der Waals surface area (Å²) in [6.07, 6.45) is 3.91. The summed E-state index contributed by atoms with van der Waals surface area (Å²) < 4.78 is 0. The van der Waals surface area contributed by atoms with Gasteiger partial charge >= 0.3 is 0 Å². The number of hydrogen-bond donors (Lipinski definition) is 1. The third kappa shape index (κ3) is 3.77. The van der Waals surface area contributed by atoms with Crippen molar-refractivity contribution in [3.8, 4) is 0 Å². The molecule has 2 atom stereocenters. The quantitative estimate of drug-likeness (QED) is 0.808. The van der Waals surface area contributed by atoms with Gasteiger partial charge in [-0.05, 0) is 73.7 Å². The van der Waals surface area contributed by atoms with Crippen LogP contribution in [0.4, 0.5) is 0 Å². The summed E-state index contributed by atoms with van der Waals surface area (Å²) in [4.78, 5) is 0. The van der Waals surface area contributed by atoms with E-state index in [1.165, 1.54) is 30.4 Å². The third-order valence-corrected chi connectivity index (χ3v) is 5.22. The van der Waals surface area contributed by atoms with Crippen molar-refractivity contribution in [2.24, 2.45) is 11.3 Å². The van der Waals surface area contributed by atoms with Gasteiger partial charge in [0, 0.05) is 5.02 Å². The molecule has 0 radical (unpaired) electrons. The van der Waals surface area contributed by atoms with E-state index in [0.717, 1.165) is 24.0 Å². The van der Waals surface area contributed by atoms with Gasteiger partial charge in [-0.1, -0.05) is 44.5 Å². The lowest BCUT2D eigenvalue weighted by molar-refractivity contribution is 0.160. The minimum Gasteiger partial charge on any atom is -0.317 e. The molecule has 2 heteroatoms. The van der Waals surface area contributed by atoms with Crippen LogP contribution in [0.1, 0.15) is 57.1 Å². The topological polar surface area (TPSA) is 12.0 Å².